The Hall–Kier alpha value is -1.75. The van der Waals surface area contributed by atoms with E-state index in [2.05, 4.69) is 0 Å². The smallest absolute Gasteiger partial charge is 0.308 e. The van der Waals surface area contributed by atoms with Crippen molar-refractivity contribution in [2.45, 2.75) is 13.3 Å². The third-order valence-corrected chi connectivity index (χ3v) is 4.75. The highest BCUT2D eigenvalue weighted by atomic mass is 35.5. The van der Waals surface area contributed by atoms with E-state index >= 15 is 0 Å². The lowest BCUT2D eigenvalue weighted by Gasteiger charge is -2.28. The summed E-state index contributed by atoms with van der Waals surface area (Å²) in [6.07, 6.45) is 0.581. The predicted molar refractivity (Wildman–Crippen MR) is 81.0 cm³/mol. The summed E-state index contributed by atoms with van der Waals surface area (Å²) in [5, 5.41) is 9.80. The van der Waals surface area contributed by atoms with Gasteiger partial charge in [-0.2, -0.15) is 0 Å². The Kier molecular flexibility index (Phi) is 4.00. The first-order valence-corrected chi connectivity index (χ1v) is 7.76. The first-order chi connectivity index (χ1) is 10.5. The molecule has 0 radical (unpaired) electrons. The minimum atomic E-state index is -0.833. The van der Waals surface area contributed by atoms with E-state index in [4.69, 9.17) is 16.3 Å². The van der Waals surface area contributed by atoms with Crippen LogP contribution in [0, 0.1) is 17.8 Å². The highest BCUT2D eigenvalue weighted by molar-refractivity contribution is 6.30. The number of rotatable bonds is 2. The predicted octanol–water partition coefficient (Wildman–Crippen LogP) is 2.07. The van der Waals surface area contributed by atoms with Gasteiger partial charge in [0.1, 0.15) is 12.4 Å². The highest BCUT2D eigenvalue weighted by Gasteiger charge is 2.39. The molecule has 22 heavy (non-hydrogen) atoms. The zero-order valence-electron chi connectivity index (χ0n) is 12.3. The number of carbonyl (C=O) groups excluding carboxylic acids is 1. The van der Waals surface area contributed by atoms with Crippen LogP contribution in [0.1, 0.15) is 12.5 Å². The van der Waals surface area contributed by atoms with Crippen molar-refractivity contribution < 1.29 is 19.4 Å². The number of halogens is 1. The molecule has 0 spiro atoms. The highest BCUT2D eigenvalue weighted by Crippen LogP contribution is 2.32. The van der Waals surface area contributed by atoms with Gasteiger partial charge in [0.2, 0.25) is 5.91 Å². The number of aliphatic carboxylic acids is 1. The van der Waals surface area contributed by atoms with Gasteiger partial charge in [-0.25, -0.2) is 0 Å². The maximum atomic E-state index is 12.6. The second kappa shape index (κ2) is 5.80. The van der Waals surface area contributed by atoms with Crippen molar-refractivity contribution in [2.24, 2.45) is 17.8 Å². The molecule has 5 nitrogen and oxygen atoms in total. The van der Waals surface area contributed by atoms with Gasteiger partial charge in [0.05, 0.1) is 11.8 Å². The average Bonchev–Trinajstić information content (AvgIpc) is 2.88. The normalized spacial score (nSPS) is 27.2. The molecular weight excluding hydrogens is 306 g/mol. The summed E-state index contributed by atoms with van der Waals surface area (Å²) >= 11 is 5.99. The van der Waals surface area contributed by atoms with Crippen molar-refractivity contribution in [3.05, 3.63) is 28.8 Å². The lowest BCUT2D eigenvalue weighted by atomic mass is 9.95. The molecule has 1 unspecified atom stereocenters. The molecule has 0 saturated carbocycles. The fourth-order valence-electron chi connectivity index (χ4n) is 3.25. The van der Waals surface area contributed by atoms with Crippen molar-refractivity contribution in [1.29, 1.82) is 0 Å². The standard InChI is InChI=1S/C16H18ClNO4/c1-9-6-18(7-13(9)16(20)21)15(19)11-4-10-5-12(17)2-3-14(10)22-8-11/h2-3,5,9,11,13H,4,6-8H2,1H3,(H,20,21)/t9-,11?,13-/m1/s1. The Bertz CT molecular complexity index is 618. The third-order valence-electron chi connectivity index (χ3n) is 4.52. The van der Waals surface area contributed by atoms with E-state index in [1.54, 1.807) is 11.0 Å². The first kappa shape index (κ1) is 15.2. The molecule has 1 N–H and O–H groups in total. The molecule has 1 aromatic carbocycles. The number of benzene rings is 1. The van der Waals surface area contributed by atoms with Crippen LogP contribution in [0.4, 0.5) is 0 Å². The SMILES string of the molecule is C[C@@H]1CN(C(=O)C2COc3ccc(Cl)cc3C2)C[C@H]1C(=O)O. The fraction of sp³-hybridized carbons (Fsp3) is 0.500. The van der Waals surface area contributed by atoms with Gasteiger partial charge >= 0.3 is 5.97 Å². The summed E-state index contributed by atoms with van der Waals surface area (Å²) < 4.78 is 5.65. The Morgan fingerprint density at radius 2 is 2.14 bits per heavy atom. The second-order valence-corrected chi connectivity index (χ2v) is 6.57. The Balaban J connectivity index is 1.71. The van der Waals surface area contributed by atoms with E-state index in [-0.39, 0.29) is 24.3 Å². The number of carbonyl (C=O) groups is 2. The number of likely N-dealkylation sites (tertiary alicyclic amines) is 1. The summed E-state index contributed by atoms with van der Waals surface area (Å²) in [6, 6.07) is 5.40. The summed E-state index contributed by atoms with van der Waals surface area (Å²) in [5.41, 5.74) is 0.930. The van der Waals surface area contributed by atoms with E-state index in [9.17, 15) is 14.7 Å². The minimum absolute atomic E-state index is 0.0207. The second-order valence-electron chi connectivity index (χ2n) is 6.13. The molecule has 2 aliphatic rings. The Morgan fingerprint density at radius 1 is 1.36 bits per heavy atom. The van der Waals surface area contributed by atoms with E-state index in [0.29, 0.717) is 24.6 Å². The number of carboxylic acid groups (broad SMARTS) is 1. The molecule has 1 aromatic rings. The summed E-state index contributed by atoms with van der Waals surface area (Å²) in [6.45, 7) is 2.98. The summed E-state index contributed by atoms with van der Waals surface area (Å²) in [5.74, 6) is -0.860. The van der Waals surface area contributed by atoms with Crippen molar-refractivity contribution in [1.82, 2.24) is 4.90 Å². The lowest BCUT2D eigenvalue weighted by Crippen LogP contribution is -2.40. The molecule has 118 valence electrons. The molecule has 1 fully saturated rings. The zero-order valence-corrected chi connectivity index (χ0v) is 13.0. The maximum Gasteiger partial charge on any atom is 0.308 e. The molecule has 1 amide bonds. The van der Waals surface area contributed by atoms with Crippen molar-refractivity contribution in [3.8, 4) is 5.75 Å². The molecule has 0 aliphatic carbocycles. The summed E-state index contributed by atoms with van der Waals surface area (Å²) in [4.78, 5) is 25.5. The average molecular weight is 324 g/mol. The fourth-order valence-corrected chi connectivity index (χ4v) is 3.44. The van der Waals surface area contributed by atoms with Gasteiger partial charge in [-0.15, -0.1) is 0 Å². The third kappa shape index (κ3) is 2.77. The number of hydrogen-bond donors (Lipinski definition) is 1. The van der Waals surface area contributed by atoms with Crippen LogP contribution in [0.25, 0.3) is 0 Å². The van der Waals surface area contributed by atoms with Gasteiger partial charge in [-0.3, -0.25) is 9.59 Å². The van der Waals surface area contributed by atoms with E-state index in [1.807, 2.05) is 19.1 Å². The molecule has 0 aromatic heterocycles. The van der Waals surface area contributed by atoms with Crippen LogP contribution < -0.4 is 4.74 Å². The number of amides is 1. The van der Waals surface area contributed by atoms with E-state index < -0.39 is 11.9 Å². The first-order valence-electron chi connectivity index (χ1n) is 7.38. The largest absolute Gasteiger partial charge is 0.492 e. The molecule has 6 heteroatoms. The Morgan fingerprint density at radius 3 is 2.82 bits per heavy atom. The van der Waals surface area contributed by atoms with Gasteiger partial charge in [-0.1, -0.05) is 18.5 Å². The van der Waals surface area contributed by atoms with Gasteiger partial charge in [0.15, 0.2) is 0 Å². The lowest BCUT2D eigenvalue weighted by molar-refractivity contribution is -0.142. The monoisotopic (exact) mass is 323 g/mol. The number of fused-ring (bicyclic) bond motifs is 1. The van der Waals surface area contributed by atoms with Crippen LogP contribution in [-0.4, -0.2) is 41.6 Å². The van der Waals surface area contributed by atoms with Gasteiger partial charge in [-0.05, 0) is 36.1 Å². The minimum Gasteiger partial charge on any atom is -0.492 e. The number of hydrogen-bond acceptors (Lipinski definition) is 3. The summed E-state index contributed by atoms with van der Waals surface area (Å²) in [7, 11) is 0. The Labute approximate surface area is 133 Å². The molecule has 3 atom stereocenters. The quantitative estimate of drug-likeness (QED) is 0.904. The molecule has 0 bridgehead atoms. The van der Waals surface area contributed by atoms with Crippen LogP contribution in [0.15, 0.2) is 18.2 Å². The molecule has 2 aliphatic heterocycles. The van der Waals surface area contributed by atoms with E-state index in [1.165, 1.54) is 0 Å². The van der Waals surface area contributed by atoms with Crippen LogP contribution >= 0.6 is 11.6 Å². The van der Waals surface area contributed by atoms with Crippen LogP contribution in [-0.2, 0) is 16.0 Å². The zero-order chi connectivity index (χ0) is 15.9. The molecular formula is C16H18ClNO4. The van der Waals surface area contributed by atoms with E-state index in [0.717, 1.165) is 11.3 Å². The number of nitrogens with zero attached hydrogens (tertiary/aromatic N) is 1. The molecule has 1 saturated heterocycles. The van der Waals surface area contributed by atoms with Gasteiger partial charge < -0.3 is 14.7 Å². The van der Waals surface area contributed by atoms with Crippen LogP contribution in [0.5, 0.6) is 5.75 Å². The van der Waals surface area contributed by atoms with Crippen LogP contribution in [0.2, 0.25) is 5.02 Å². The maximum absolute atomic E-state index is 12.6. The molecule has 3 rings (SSSR count). The van der Waals surface area contributed by atoms with Crippen molar-refractivity contribution in [2.75, 3.05) is 19.7 Å². The molecule has 2 heterocycles. The van der Waals surface area contributed by atoms with Crippen molar-refractivity contribution in [3.63, 3.8) is 0 Å². The van der Waals surface area contributed by atoms with Crippen molar-refractivity contribution >= 4 is 23.5 Å². The van der Waals surface area contributed by atoms with Gasteiger partial charge in [0.25, 0.3) is 0 Å². The number of carboxylic acids is 1. The topological polar surface area (TPSA) is 66.8 Å². The number of ether oxygens (including phenoxy) is 1. The van der Waals surface area contributed by atoms with Crippen LogP contribution in [0.3, 0.4) is 0 Å². The van der Waals surface area contributed by atoms with Gasteiger partial charge in [0, 0.05) is 18.1 Å².